The molecule has 0 saturated heterocycles. The van der Waals surface area contributed by atoms with Crippen molar-refractivity contribution in [2.75, 3.05) is 10.6 Å². The molecular weight excluding hydrogens is 274 g/mol. The smallest absolute Gasteiger partial charge is 0.245 e. The molecule has 2 rings (SSSR count). The lowest BCUT2D eigenvalue weighted by Crippen LogP contribution is -2.27. The highest BCUT2D eigenvalue weighted by atomic mass is 15.3. The monoisotopic (exact) mass is 299 g/mol. The highest BCUT2D eigenvalue weighted by Crippen LogP contribution is 2.24. The van der Waals surface area contributed by atoms with Gasteiger partial charge in [0.1, 0.15) is 0 Å². The minimum Gasteiger partial charge on any atom is -0.348 e. The van der Waals surface area contributed by atoms with Crippen molar-refractivity contribution in [2.24, 2.45) is 0 Å². The highest BCUT2D eigenvalue weighted by molar-refractivity contribution is 5.56. The van der Waals surface area contributed by atoms with Crippen LogP contribution in [0.5, 0.6) is 0 Å². The predicted molar refractivity (Wildman–Crippen MR) is 91.6 cm³/mol. The van der Waals surface area contributed by atoms with Gasteiger partial charge in [0.05, 0.1) is 6.20 Å². The fourth-order valence-corrected chi connectivity index (χ4v) is 1.95. The Balaban J connectivity index is 2.12. The van der Waals surface area contributed by atoms with Gasteiger partial charge in [0.25, 0.3) is 0 Å². The van der Waals surface area contributed by atoms with Crippen LogP contribution in [0.15, 0.2) is 30.5 Å². The molecule has 1 heterocycles. The van der Waals surface area contributed by atoms with Gasteiger partial charge in [-0.05, 0) is 43.9 Å². The van der Waals surface area contributed by atoms with E-state index in [0.29, 0.717) is 11.8 Å². The van der Waals surface area contributed by atoms with E-state index in [2.05, 4.69) is 91.6 Å². The molecule has 1 aromatic heterocycles. The Hall–Kier alpha value is -2.17. The standard InChI is InChI=1S/C17H25N5/c1-16(2,3)12-7-9-13(10-8-12)19-14-11-18-22-15(20-14)21-17(4,5)6/h7-11H,1-6H3,(H2,19,20,21,22). The Morgan fingerprint density at radius 3 is 2.09 bits per heavy atom. The highest BCUT2D eigenvalue weighted by Gasteiger charge is 2.14. The molecule has 0 amide bonds. The van der Waals surface area contributed by atoms with Crippen LogP contribution >= 0.6 is 0 Å². The summed E-state index contributed by atoms with van der Waals surface area (Å²) in [6.45, 7) is 12.8. The average molecular weight is 299 g/mol. The maximum Gasteiger partial charge on any atom is 0.245 e. The maximum absolute atomic E-state index is 4.43. The van der Waals surface area contributed by atoms with Gasteiger partial charge >= 0.3 is 0 Å². The minimum atomic E-state index is -0.103. The van der Waals surface area contributed by atoms with Crippen LogP contribution in [-0.2, 0) is 5.41 Å². The summed E-state index contributed by atoms with van der Waals surface area (Å²) in [5.41, 5.74) is 2.33. The second-order valence-corrected chi connectivity index (χ2v) is 7.49. The zero-order valence-electron chi connectivity index (χ0n) is 14.2. The van der Waals surface area contributed by atoms with E-state index < -0.39 is 0 Å². The first kappa shape index (κ1) is 16.2. The molecule has 0 bridgehead atoms. The summed E-state index contributed by atoms with van der Waals surface area (Å²) in [7, 11) is 0. The number of rotatable bonds is 3. The van der Waals surface area contributed by atoms with E-state index in [-0.39, 0.29) is 11.0 Å². The van der Waals surface area contributed by atoms with Gasteiger partial charge in [-0.15, -0.1) is 5.10 Å². The molecule has 0 atom stereocenters. The van der Waals surface area contributed by atoms with Crippen molar-refractivity contribution in [1.82, 2.24) is 15.2 Å². The third-order valence-corrected chi connectivity index (χ3v) is 3.07. The number of nitrogens with zero attached hydrogens (tertiary/aromatic N) is 3. The first-order valence-corrected chi connectivity index (χ1v) is 7.49. The number of aromatic nitrogens is 3. The van der Waals surface area contributed by atoms with Crippen LogP contribution in [-0.4, -0.2) is 20.7 Å². The van der Waals surface area contributed by atoms with Crippen molar-refractivity contribution in [3.63, 3.8) is 0 Å². The molecule has 118 valence electrons. The summed E-state index contributed by atoms with van der Waals surface area (Å²) < 4.78 is 0. The lowest BCUT2D eigenvalue weighted by Gasteiger charge is -2.20. The van der Waals surface area contributed by atoms with Crippen LogP contribution in [0.4, 0.5) is 17.5 Å². The Kier molecular flexibility index (Phi) is 4.35. The van der Waals surface area contributed by atoms with Crippen LogP contribution in [0.3, 0.4) is 0 Å². The molecule has 0 spiro atoms. The summed E-state index contributed by atoms with van der Waals surface area (Å²) >= 11 is 0. The van der Waals surface area contributed by atoms with Gasteiger partial charge in [-0.25, -0.2) is 0 Å². The number of benzene rings is 1. The molecule has 0 fully saturated rings. The van der Waals surface area contributed by atoms with Crippen molar-refractivity contribution < 1.29 is 0 Å². The molecule has 22 heavy (non-hydrogen) atoms. The van der Waals surface area contributed by atoms with E-state index in [4.69, 9.17) is 0 Å². The van der Waals surface area contributed by atoms with Gasteiger partial charge < -0.3 is 10.6 Å². The van der Waals surface area contributed by atoms with E-state index in [1.165, 1.54) is 5.56 Å². The van der Waals surface area contributed by atoms with Crippen molar-refractivity contribution in [1.29, 1.82) is 0 Å². The molecule has 5 heteroatoms. The van der Waals surface area contributed by atoms with Gasteiger partial charge in [-0.2, -0.15) is 10.1 Å². The van der Waals surface area contributed by atoms with Crippen molar-refractivity contribution >= 4 is 17.5 Å². The Labute approximate surface area is 132 Å². The van der Waals surface area contributed by atoms with Gasteiger partial charge in [-0.3, -0.25) is 0 Å². The SMILES string of the molecule is CC(C)(C)Nc1nncc(Nc2ccc(C(C)(C)C)cc2)n1. The summed E-state index contributed by atoms with van der Waals surface area (Å²) in [6, 6.07) is 8.37. The molecule has 0 aliphatic heterocycles. The van der Waals surface area contributed by atoms with Crippen molar-refractivity contribution in [3.05, 3.63) is 36.0 Å². The number of hydrogen-bond acceptors (Lipinski definition) is 5. The molecule has 0 saturated carbocycles. The fourth-order valence-electron chi connectivity index (χ4n) is 1.95. The summed E-state index contributed by atoms with van der Waals surface area (Å²) in [4.78, 5) is 4.43. The Morgan fingerprint density at radius 1 is 0.909 bits per heavy atom. The van der Waals surface area contributed by atoms with E-state index >= 15 is 0 Å². The number of nitrogens with one attached hydrogen (secondary N) is 2. The summed E-state index contributed by atoms with van der Waals surface area (Å²) in [5.74, 6) is 1.19. The molecule has 2 aromatic rings. The molecule has 0 unspecified atom stereocenters. The molecule has 0 radical (unpaired) electrons. The van der Waals surface area contributed by atoms with Crippen molar-refractivity contribution in [2.45, 2.75) is 52.5 Å². The minimum absolute atomic E-state index is 0.103. The van der Waals surface area contributed by atoms with Gasteiger partial charge in [0.2, 0.25) is 5.95 Å². The topological polar surface area (TPSA) is 62.7 Å². The third kappa shape index (κ3) is 4.69. The molecular formula is C17H25N5. The van der Waals surface area contributed by atoms with Gasteiger partial charge in [0.15, 0.2) is 5.82 Å². The number of anilines is 3. The largest absolute Gasteiger partial charge is 0.348 e. The normalized spacial score (nSPS) is 12.1. The second kappa shape index (κ2) is 5.91. The van der Waals surface area contributed by atoms with Gasteiger partial charge in [0, 0.05) is 11.2 Å². The first-order chi connectivity index (χ1) is 10.1. The third-order valence-electron chi connectivity index (χ3n) is 3.07. The molecule has 5 nitrogen and oxygen atoms in total. The van der Waals surface area contributed by atoms with E-state index in [9.17, 15) is 0 Å². The fraction of sp³-hybridized carbons (Fsp3) is 0.471. The zero-order valence-corrected chi connectivity index (χ0v) is 14.2. The molecule has 0 aliphatic rings. The van der Waals surface area contributed by atoms with Crippen molar-refractivity contribution in [3.8, 4) is 0 Å². The molecule has 2 N–H and O–H groups in total. The lowest BCUT2D eigenvalue weighted by molar-refractivity contribution is 0.590. The van der Waals surface area contributed by atoms with Gasteiger partial charge in [-0.1, -0.05) is 32.9 Å². The molecule has 1 aromatic carbocycles. The average Bonchev–Trinajstić information content (AvgIpc) is 2.36. The summed E-state index contributed by atoms with van der Waals surface area (Å²) in [6.07, 6.45) is 1.62. The van der Waals surface area contributed by atoms with Crippen LogP contribution in [0.1, 0.15) is 47.1 Å². The molecule has 0 aliphatic carbocycles. The number of hydrogen-bond donors (Lipinski definition) is 2. The van der Waals surface area contributed by atoms with E-state index in [1.54, 1.807) is 6.20 Å². The van der Waals surface area contributed by atoms with Crippen LogP contribution in [0, 0.1) is 0 Å². The zero-order chi connectivity index (χ0) is 16.4. The van der Waals surface area contributed by atoms with E-state index in [0.717, 1.165) is 5.69 Å². The van der Waals surface area contributed by atoms with E-state index in [1.807, 2.05) is 0 Å². The van der Waals surface area contributed by atoms with Crippen LogP contribution < -0.4 is 10.6 Å². The second-order valence-electron chi connectivity index (χ2n) is 7.49. The van der Waals surface area contributed by atoms with Crippen LogP contribution in [0.2, 0.25) is 0 Å². The quantitative estimate of drug-likeness (QED) is 0.892. The Bertz CT molecular complexity index is 621. The lowest BCUT2D eigenvalue weighted by atomic mass is 9.87. The first-order valence-electron chi connectivity index (χ1n) is 7.49. The summed E-state index contributed by atoms with van der Waals surface area (Å²) in [5, 5.41) is 14.5. The van der Waals surface area contributed by atoms with Crippen LogP contribution in [0.25, 0.3) is 0 Å². The predicted octanol–water partition coefficient (Wildman–Crippen LogP) is 4.12. The maximum atomic E-state index is 4.43. The Morgan fingerprint density at radius 2 is 1.55 bits per heavy atom.